The van der Waals surface area contributed by atoms with Crippen LogP contribution in [0.3, 0.4) is 0 Å². The fraction of sp³-hybridized carbons (Fsp3) is 0.538. The van der Waals surface area contributed by atoms with Gasteiger partial charge in [-0.2, -0.15) is 0 Å². The molecule has 1 heterocycles. The van der Waals surface area contributed by atoms with Crippen molar-refractivity contribution in [2.24, 2.45) is 0 Å². The summed E-state index contributed by atoms with van der Waals surface area (Å²) in [4.78, 5) is 0. The Morgan fingerprint density at radius 3 is 2.94 bits per heavy atom. The van der Waals surface area contributed by atoms with Gasteiger partial charge < -0.3 is 14.6 Å². The summed E-state index contributed by atoms with van der Waals surface area (Å²) < 4.78 is 10.7. The third kappa shape index (κ3) is 2.67. The monoisotopic (exact) mass is 222 g/mol. The zero-order valence-electron chi connectivity index (χ0n) is 9.61. The second-order valence-electron chi connectivity index (χ2n) is 4.19. The molecule has 2 rings (SSSR count). The average molecular weight is 222 g/mol. The van der Waals surface area contributed by atoms with Crippen LogP contribution in [0.5, 0.6) is 11.5 Å². The molecule has 1 aliphatic rings. The Morgan fingerprint density at radius 1 is 1.44 bits per heavy atom. The highest BCUT2D eigenvalue weighted by Gasteiger charge is 2.16. The van der Waals surface area contributed by atoms with Crippen LogP contribution < -0.4 is 4.74 Å². The summed E-state index contributed by atoms with van der Waals surface area (Å²) in [5, 5.41) is 9.82. The maximum absolute atomic E-state index is 9.82. The van der Waals surface area contributed by atoms with Gasteiger partial charge in [-0.1, -0.05) is 6.07 Å². The highest BCUT2D eigenvalue weighted by molar-refractivity contribution is 5.39. The number of rotatable bonds is 3. The molecule has 1 unspecified atom stereocenters. The van der Waals surface area contributed by atoms with Crippen molar-refractivity contribution in [1.82, 2.24) is 0 Å². The normalized spacial score (nSPS) is 20.7. The van der Waals surface area contributed by atoms with E-state index in [0.717, 1.165) is 31.4 Å². The fourth-order valence-corrected chi connectivity index (χ4v) is 2.06. The molecule has 3 nitrogen and oxygen atoms in total. The summed E-state index contributed by atoms with van der Waals surface area (Å²) in [5.74, 6) is 0.985. The van der Waals surface area contributed by atoms with E-state index < -0.39 is 0 Å². The summed E-state index contributed by atoms with van der Waals surface area (Å²) in [6, 6.07) is 5.43. The number of methoxy groups -OCH3 is 1. The van der Waals surface area contributed by atoms with Gasteiger partial charge in [-0.3, -0.25) is 0 Å². The summed E-state index contributed by atoms with van der Waals surface area (Å²) in [6.07, 6.45) is 4.52. The Hall–Kier alpha value is -1.22. The number of hydrogen-bond donors (Lipinski definition) is 1. The molecule has 1 aliphatic heterocycles. The quantitative estimate of drug-likeness (QED) is 0.854. The largest absolute Gasteiger partial charge is 0.508 e. The second kappa shape index (κ2) is 5.21. The van der Waals surface area contributed by atoms with Crippen LogP contribution in [0.1, 0.15) is 24.8 Å². The van der Waals surface area contributed by atoms with Gasteiger partial charge in [-0.15, -0.1) is 0 Å². The molecule has 1 N–H and O–H groups in total. The Labute approximate surface area is 96.0 Å². The summed E-state index contributed by atoms with van der Waals surface area (Å²) in [6.45, 7) is 0.849. The molecular weight excluding hydrogens is 204 g/mol. The molecule has 0 amide bonds. The van der Waals surface area contributed by atoms with Crippen molar-refractivity contribution in [1.29, 1.82) is 0 Å². The Bertz CT molecular complexity index is 343. The Kier molecular flexibility index (Phi) is 3.67. The molecule has 1 fully saturated rings. The van der Waals surface area contributed by atoms with Gasteiger partial charge in [0.25, 0.3) is 0 Å². The van der Waals surface area contributed by atoms with Gasteiger partial charge in [-0.25, -0.2) is 0 Å². The minimum atomic E-state index is 0.257. The van der Waals surface area contributed by atoms with E-state index in [9.17, 15) is 5.11 Å². The lowest BCUT2D eigenvalue weighted by Gasteiger charge is -2.22. The maximum atomic E-state index is 9.82. The van der Waals surface area contributed by atoms with Crippen molar-refractivity contribution < 1.29 is 14.6 Å². The summed E-state index contributed by atoms with van der Waals surface area (Å²) in [7, 11) is 1.60. The van der Waals surface area contributed by atoms with E-state index in [1.165, 1.54) is 6.42 Å². The minimum absolute atomic E-state index is 0.257. The van der Waals surface area contributed by atoms with E-state index in [-0.39, 0.29) is 6.10 Å². The van der Waals surface area contributed by atoms with Crippen LogP contribution in [-0.4, -0.2) is 24.9 Å². The zero-order valence-corrected chi connectivity index (χ0v) is 9.61. The van der Waals surface area contributed by atoms with Crippen molar-refractivity contribution in [3.8, 4) is 11.5 Å². The van der Waals surface area contributed by atoms with Crippen molar-refractivity contribution >= 4 is 0 Å². The number of phenolic OH excluding ortho intramolecular Hbond substituents is 1. The topological polar surface area (TPSA) is 38.7 Å². The van der Waals surface area contributed by atoms with Gasteiger partial charge in [0.05, 0.1) is 13.2 Å². The van der Waals surface area contributed by atoms with Crippen LogP contribution in [-0.2, 0) is 11.2 Å². The summed E-state index contributed by atoms with van der Waals surface area (Å²) >= 11 is 0. The first-order valence-corrected chi connectivity index (χ1v) is 5.77. The van der Waals surface area contributed by atoms with Crippen molar-refractivity contribution in [2.75, 3.05) is 13.7 Å². The molecule has 0 spiro atoms. The molecule has 0 radical (unpaired) electrons. The zero-order chi connectivity index (χ0) is 11.4. The Morgan fingerprint density at radius 2 is 2.31 bits per heavy atom. The number of ether oxygens (including phenoxy) is 2. The first-order chi connectivity index (χ1) is 7.79. The third-order valence-electron chi connectivity index (χ3n) is 3.01. The predicted molar refractivity (Wildman–Crippen MR) is 62.0 cm³/mol. The lowest BCUT2D eigenvalue weighted by molar-refractivity contribution is 0.0165. The van der Waals surface area contributed by atoms with E-state index in [4.69, 9.17) is 9.47 Å². The van der Waals surface area contributed by atoms with Gasteiger partial charge >= 0.3 is 0 Å². The molecule has 1 aromatic carbocycles. The number of aromatic hydroxyl groups is 1. The molecule has 1 atom stereocenters. The van der Waals surface area contributed by atoms with Crippen molar-refractivity contribution in [3.63, 3.8) is 0 Å². The third-order valence-corrected chi connectivity index (χ3v) is 3.01. The number of phenols is 1. The second-order valence-corrected chi connectivity index (χ2v) is 4.19. The first-order valence-electron chi connectivity index (χ1n) is 5.77. The molecule has 16 heavy (non-hydrogen) atoms. The van der Waals surface area contributed by atoms with Crippen LogP contribution in [0.2, 0.25) is 0 Å². The minimum Gasteiger partial charge on any atom is -0.508 e. The van der Waals surface area contributed by atoms with Crippen LogP contribution in [0.15, 0.2) is 18.2 Å². The molecular formula is C13H18O3. The highest BCUT2D eigenvalue weighted by Crippen LogP contribution is 2.26. The fourth-order valence-electron chi connectivity index (χ4n) is 2.06. The molecule has 0 saturated carbocycles. The van der Waals surface area contributed by atoms with Crippen molar-refractivity contribution in [2.45, 2.75) is 31.8 Å². The van der Waals surface area contributed by atoms with Gasteiger partial charge in [0.15, 0.2) is 0 Å². The van der Waals surface area contributed by atoms with E-state index in [0.29, 0.717) is 11.5 Å². The smallest absolute Gasteiger partial charge is 0.122 e. The van der Waals surface area contributed by atoms with E-state index in [1.807, 2.05) is 12.1 Å². The maximum Gasteiger partial charge on any atom is 0.122 e. The molecule has 0 aromatic heterocycles. The van der Waals surface area contributed by atoms with Crippen LogP contribution in [0.25, 0.3) is 0 Å². The van der Waals surface area contributed by atoms with Crippen LogP contribution in [0.4, 0.5) is 0 Å². The van der Waals surface area contributed by atoms with E-state index in [2.05, 4.69) is 0 Å². The molecule has 0 aliphatic carbocycles. The lowest BCUT2D eigenvalue weighted by atomic mass is 10.0. The average Bonchev–Trinajstić information content (AvgIpc) is 2.33. The van der Waals surface area contributed by atoms with Crippen LogP contribution >= 0.6 is 0 Å². The SMILES string of the molecule is COc1ccc(CC2CCCCO2)c(O)c1. The first kappa shape index (κ1) is 11.3. The van der Waals surface area contributed by atoms with Gasteiger partial charge in [0, 0.05) is 19.1 Å². The van der Waals surface area contributed by atoms with Gasteiger partial charge in [0.2, 0.25) is 0 Å². The number of benzene rings is 1. The number of hydrogen-bond acceptors (Lipinski definition) is 3. The van der Waals surface area contributed by atoms with Gasteiger partial charge in [0.1, 0.15) is 11.5 Å². The molecule has 1 aromatic rings. The van der Waals surface area contributed by atoms with Crippen molar-refractivity contribution in [3.05, 3.63) is 23.8 Å². The molecule has 3 heteroatoms. The lowest BCUT2D eigenvalue weighted by Crippen LogP contribution is -2.21. The summed E-state index contributed by atoms with van der Waals surface area (Å²) in [5.41, 5.74) is 0.938. The van der Waals surface area contributed by atoms with E-state index in [1.54, 1.807) is 13.2 Å². The van der Waals surface area contributed by atoms with E-state index >= 15 is 0 Å². The highest BCUT2D eigenvalue weighted by atomic mass is 16.5. The molecule has 0 bridgehead atoms. The molecule has 1 saturated heterocycles. The Balaban J connectivity index is 2.03. The van der Waals surface area contributed by atoms with Crippen LogP contribution in [0, 0.1) is 0 Å². The standard InChI is InChI=1S/C13H18O3/c1-15-11-6-5-10(13(14)9-11)8-12-4-2-3-7-16-12/h5-6,9,12,14H,2-4,7-8H2,1H3. The predicted octanol–water partition coefficient (Wildman–Crippen LogP) is 2.51. The van der Waals surface area contributed by atoms with Gasteiger partial charge in [-0.05, 0) is 30.9 Å². The molecule has 88 valence electrons.